The molecule has 3 rings (SSSR count). The summed E-state index contributed by atoms with van der Waals surface area (Å²) >= 11 is 0. The minimum atomic E-state index is -1.11. The van der Waals surface area contributed by atoms with E-state index in [-0.39, 0.29) is 24.9 Å². The van der Waals surface area contributed by atoms with Gasteiger partial charge in [-0.15, -0.1) is 0 Å². The predicted octanol–water partition coefficient (Wildman–Crippen LogP) is 1.51. The number of piperazine rings is 1. The summed E-state index contributed by atoms with van der Waals surface area (Å²) in [5.74, 6) is 0. The van der Waals surface area contributed by atoms with Gasteiger partial charge in [-0.25, -0.2) is 9.80 Å². The standard InChI is InChI=1S/C16H24N4O.C6H18NSi2.Li/c1-17-8-5-9-20(16(17)21)19-12-10-18(11-13-19)14-15-6-3-2-4-7-15;1-8(2,3)7-9(4,5)6;/h2-4,6-7H,5,8-14H2,1H3;1-6H3;/q;-1;+1. The summed E-state index contributed by atoms with van der Waals surface area (Å²) in [6.45, 7) is 20.4. The van der Waals surface area contributed by atoms with Crippen molar-refractivity contribution < 1.29 is 23.7 Å². The number of rotatable bonds is 5. The number of urea groups is 1. The SMILES string of the molecule is CN1CCCN(N2CCN(Cc3ccccc3)CC2)C1=O.C[Si](C)(C)[N-][Si](C)(C)C.[Li+]. The van der Waals surface area contributed by atoms with E-state index in [2.05, 4.69) is 79.5 Å². The Morgan fingerprint density at radius 2 is 1.39 bits per heavy atom. The minimum absolute atomic E-state index is 0. The summed E-state index contributed by atoms with van der Waals surface area (Å²) in [7, 11) is -0.323. The second-order valence-corrected chi connectivity index (χ2v) is 19.9. The molecule has 6 nitrogen and oxygen atoms in total. The van der Waals surface area contributed by atoms with Crippen LogP contribution in [0.3, 0.4) is 0 Å². The van der Waals surface area contributed by atoms with Gasteiger partial charge in [-0.1, -0.05) is 86.1 Å². The molecule has 0 N–H and O–H groups in total. The van der Waals surface area contributed by atoms with Crippen molar-refractivity contribution in [2.45, 2.75) is 52.2 Å². The van der Waals surface area contributed by atoms with E-state index in [1.807, 2.05) is 17.0 Å². The van der Waals surface area contributed by atoms with Gasteiger partial charge in [0, 0.05) is 52.9 Å². The number of benzene rings is 1. The minimum Gasteiger partial charge on any atom is -0.668 e. The third kappa shape index (κ3) is 10.7. The first-order valence-electron chi connectivity index (χ1n) is 11.2. The van der Waals surface area contributed by atoms with Gasteiger partial charge in [-0.2, -0.15) is 0 Å². The van der Waals surface area contributed by atoms with Crippen molar-refractivity contribution in [1.82, 2.24) is 19.8 Å². The molecule has 170 valence electrons. The Labute approximate surface area is 204 Å². The van der Waals surface area contributed by atoms with Gasteiger partial charge in [-0.3, -0.25) is 9.91 Å². The molecule has 0 spiro atoms. The summed E-state index contributed by atoms with van der Waals surface area (Å²) in [6.07, 6.45) is 1.06. The quantitative estimate of drug-likeness (QED) is 0.632. The zero-order valence-electron chi connectivity index (χ0n) is 21.2. The van der Waals surface area contributed by atoms with E-state index in [1.54, 1.807) is 0 Å². The normalized spacial score (nSPS) is 18.9. The molecule has 31 heavy (non-hydrogen) atoms. The number of hydrogen-bond acceptors (Lipinski definition) is 3. The predicted molar refractivity (Wildman–Crippen MR) is 133 cm³/mol. The molecular weight excluding hydrogens is 413 g/mol. The van der Waals surface area contributed by atoms with E-state index < -0.39 is 16.5 Å². The Balaban J connectivity index is 0.000000413. The number of carbonyl (C=O) groups excluding carboxylic acids is 1. The molecule has 0 unspecified atom stereocenters. The van der Waals surface area contributed by atoms with Crippen LogP contribution in [0.4, 0.5) is 4.79 Å². The van der Waals surface area contributed by atoms with Crippen LogP contribution >= 0.6 is 0 Å². The van der Waals surface area contributed by atoms with Gasteiger partial charge >= 0.3 is 24.9 Å². The van der Waals surface area contributed by atoms with Crippen LogP contribution in [-0.4, -0.2) is 88.6 Å². The van der Waals surface area contributed by atoms with Crippen LogP contribution in [0.2, 0.25) is 39.3 Å². The second-order valence-electron chi connectivity index (χ2n) is 10.3. The van der Waals surface area contributed by atoms with Crippen molar-refractivity contribution in [3.63, 3.8) is 0 Å². The third-order valence-corrected chi connectivity index (χ3v) is 10.4. The molecule has 2 aliphatic heterocycles. The zero-order valence-corrected chi connectivity index (χ0v) is 23.2. The first kappa shape index (κ1) is 28.4. The number of carbonyl (C=O) groups is 1. The average molecular weight is 456 g/mol. The second kappa shape index (κ2) is 12.6. The molecule has 1 aromatic carbocycles. The largest absolute Gasteiger partial charge is 1.00 e. The summed E-state index contributed by atoms with van der Waals surface area (Å²) in [5.41, 5.74) is 1.36. The van der Waals surface area contributed by atoms with Crippen LogP contribution in [0.1, 0.15) is 12.0 Å². The Morgan fingerprint density at radius 1 is 0.839 bits per heavy atom. The van der Waals surface area contributed by atoms with Crippen LogP contribution in [0, 0.1) is 0 Å². The monoisotopic (exact) mass is 455 g/mol. The molecule has 0 radical (unpaired) electrons. The summed E-state index contributed by atoms with van der Waals surface area (Å²) in [4.78, 5) is 16.5. The molecule has 0 aliphatic carbocycles. The van der Waals surface area contributed by atoms with E-state index in [0.717, 1.165) is 52.2 Å². The maximum atomic E-state index is 12.2. The molecule has 2 amide bonds. The van der Waals surface area contributed by atoms with Gasteiger partial charge in [0.2, 0.25) is 0 Å². The van der Waals surface area contributed by atoms with Crippen molar-refractivity contribution in [2.75, 3.05) is 46.3 Å². The molecule has 1 aromatic rings. The Morgan fingerprint density at radius 3 is 1.87 bits per heavy atom. The van der Waals surface area contributed by atoms with Gasteiger partial charge in [-0.05, 0) is 12.0 Å². The van der Waals surface area contributed by atoms with Crippen molar-refractivity contribution in [2.24, 2.45) is 0 Å². The summed E-state index contributed by atoms with van der Waals surface area (Å²) in [6, 6.07) is 10.7. The summed E-state index contributed by atoms with van der Waals surface area (Å²) < 4.78 is 4.82. The number of amides is 2. The van der Waals surface area contributed by atoms with Crippen LogP contribution in [0.15, 0.2) is 30.3 Å². The molecule has 0 saturated carbocycles. The van der Waals surface area contributed by atoms with Gasteiger partial charge in [0.1, 0.15) is 0 Å². The molecule has 9 heteroatoms. The Hall–Kier alpha value is -0.599. The van der Waals surface area contributed by atoms with Crippen LogP contribution in [0.25, 0.3) is 4.65 Å². The molecule has 0 bridgehead atoms. The Bertz CT molecular complexity index is 646. The summed E-state index contributed by atoms with van der Waals surface area (Å²) in [5, 5.41) is 4.16. The number of hydrogen-bond donors (Lipinski definition) is 0. The molecule has 2 heterocycles. The van der Waals surface area contributed by atoms with E-state index in [0.29, 0.717) is 0 Å². The number of nitrogens with zero attached hydrogens (tertiary/aromatic N) is 5. The van der Waals surface area contributed by atoms with Gasteiger partial charge in [0.25, 0.3) is 0 Å². The Kier molecular flexibility index (Phi) is 11.5. The average Bonchev–Trinajstić information content (AvgIpc) is 2.63. The molecular formula is C22H42LiN5OSi2. The van der Waals surface area contributed by atoms with E-state index in [4.69, 9.17) is 4.65 Å². The van der Waals surface area contributed by atoms with Crippen molar-refractivity contribution in [3.05, 3.63) is 40.5 Å². The topological polar surface area (TPSA) is 44.1 Å². The third-order valence-electron chi connectivity index (χ3n) is 5.02. The molecule has 2 saturated heterocycles. The van der Waals surface area contributed by atoms with Crippen molar-refractivity contribution in [3.8, 4) is 0 Å². The molecule has 2 fully saturated rings. The van der Waals surface area contributed by atoms with E-state index >= 15 is 0 Å². The molecule has 2 aliphatic rings. The van der Waals surface area contributed by atoms with Crippen molar-refractivity contribution >= 4 is 22.5 Å². The van der Waals surface area contributed by atoms with Crippen LogP contribution in [-0.2, 0) is 6.54 Å². The van der Waals surface area contributed by atoms with E-state index in [9.17, 15) is 4.79 Å². The van der Waals surface area contributed by atoms with Gasteiger partial charge < -0.3 is 9.55 Å². The first-order chi connectivity index (χ1) is 13.9. The fourth-order valence-corrected chi connectivity index (χ4v) is 12.1. The number of hydrazine groups is 1. The maximum Gasteiger partial charge on any atom is 1.00 e. The van der Waals surface area contributed by atoms with Crippen LogP contribution in [0.5, 0.6) is 0 Å². The maximum absolute atomic E-state index is 12.2. The van der Waals surface area contributed by atoms with Crippen molar-refractivity contribution in [1.29, 1.82) is 0 Å². The molecule has 0 aromatic heterocycles. The van der Waals surface area contributed by atoms with Crippen LogP contribution < -0.4 is 18.9 Å². The fourth-order valence-electron chi connectivity index (χ4n) is 4.09. The molecule has 0 atom stereocenters. The fraction of sp³-hybridized carbons (Fsp3) is 0.682. The van der Waals surface area contributed by atoms with E-state index in [1.165, 1.54) is 5.56 Å². The smallest absolute Gasteiger partial charge is 0.668 e. The van der Waals surface area contributed by atoms with Gasteiger partial charge in [0.15, 0.2) is 0 Å². The van der Waals surface area contributed by atoms with Gasteiger partial charge in [0.05, 0.1) is 0 Å². The zero-order chi connectivity index (χ0) is 22.4. The first-order valence-corrected chi connectivity index (χ1v) is 18.1.